The van der Waals surface area contributed by atoms with Gasteiger partial charge < -0.3 is 14.9 Å². The molecule has 0 aliphatic rings. The Hall–Kier alpha value is -2.51. The maximum atomic E-state index is 9.25. The number of carbonyl (C=O) groups is 1. The van der Waals surface area contributed by atoms with Crippen molar-refractivity contribution in [3.8, 4) is 5.75 Å². The van der Waals surface area contributed by atoms with E-state index in [-0.39, 0.29) is 0 Å². The van der Waals surface area contributed by atoms with Crippen LogP contribution in [0.15, 0.2) is 55.3 Å². The predicted octanol–water partition coefficient (Wildman–Crippen LogP) is 5.43. The Balaban J connectivity index is 0.00000161. The number of para-hydroxylation sites is 1. The summed E-state index contributed by atoms with van der Waals surface area (Å²) in [6.45, 7) is 8.83. The molecule has 0 radical (unpaired) electrons. The van der Waals surface area contributed by atoms with Crippen LogP contribution in [0, 0.1) is 0 Å². The minimum Gasteiger partial charge on any atom is -0.478 e. The second-order valence-corrected chi connectivity index (χ2v) is 5.91. The van der Waals surface area contributed by atoms with Crippen molar-refractivity contribution in [1.82, 2.24) is 0 Å². The van der Waals surface area contributed by atoms with Gasteiger partial charge in [0, 0.05) is 47.8 Å². The quantitative estimate of drug-likeness (QED) is 0.0962. The first kappa shape index (κ1) is 28.5. The number of carboxylic acid groups (broad SMARTS) is 1. The third-order valence-corrected chi connectivity index (χ3v) is 3.43. The van der Waals surface area contributed by atoms with Crippen LogP contribution in [-0.4, -0.2) is 11.1 Å². The summed E-state index contributed by atoms with van der Waals surface area (Å²) in [5, 5.41) is 35.8. The maximum absolute atomic E-state index is 9.25. The third-order valence-electron chi connectivity index (χ3n) is 3.43. The Bertz CT molecular complexity index is 566. The first-order valence-electron chi connectivity index (χ1n) is 9.69. The fraction of sp³-hybridized carbons (Fsp3) is 0.450. The highest BCUT2D eigenvalue weighted by molar-refractivity contribution is 5.78. The summed E-state index contributed by atoms with van der Waals surface area (Å²) in [7, 11) is 0. The first-order chi connectivity index (χ1) is 15.1. The summed E-state index contributed by atoms with van der Waals surface area (Å²) < 4.78 is 0. The molecule has 11 nitrogen and oxygen atoms in total. The number of aliphatic carboxylic acids is 1. The Morgan fingerprint density at radius 1 is 0.871 bits per heavy atom. The lowest BCUT2D eigenvalue weighted by molar-refractivity contribution is -0.825. The van der Waals surface area contributed by atoms with Crippen LogP contribution in [-0.2, 0) is 45.0 Å². The van der Waals surface area contributed by atoms with Crippen molar-refractivity contribution in [2.45, 2.75) is 58.3 Å². The number of benzene rings is 1. The summed E-state index contributed by atoms with van der Waals surface area (Å²) in [5.74, 6) is -0.187. The van der Waals surface area contributed by atoms with E-state index in [9.17, 15) is 4.79 Å². The number of rotatable bonds is 19. The van der Waals surface area contributed by atoms with Crippen LogP contribution in [0.5, 0.6) is 5.75 Å². The van der Waals surface area contributed by atoms with E-state index in [0.29, 0.717) is 17.9 Å². The summed E-state index contributed by atoms with van der Waals surface area (Å²) in [5.41, 5.74) is 0. The van der Waals surface area contributed by atoms with Gasteiger partial charge in [0.05, 0.1) is 0 Å². The van der Waals surface area contributed by atoms with E-state index in [4.69, 9.17) is 9.99 Å². The van der Waals surface area contributed by atoms with E-state index in [2.05, 4.69) is 60.2 Å². The van der Waals surface area contributed by atoms with Crippen LogP contribution in [0.2, 0.25) is 0 Å². The first-order valence-corrected chi connectivity index (χ1v) is 9.69. The number of hydrogen-bond donors (Lipinski definition) is 1. The molecule has 0 aliphatic carbocycles. The molecule has 0 fully saturated rings. The van der Waals surface area contributed by atoms with E-state index in [1.165, 1.54) is 32.1 Å². The largest absolute Gasteiger partial charge is 0.478 e. The number of hydrogen-bond acceptors (Lipinski definition) is 10. The summed E-state index contributed by atoms with van der Waals surface area (Å²) in [6, 6.07) is 8.56. The van der Waals surface area contributed by atoms with Crippen LogP contribution in [0.1, 0.15) is 58.3 Å². The van der Waals surface area contributed by atoms with Gasteiger partial charge in [-0.2, -0.15) is 0 Å². The van der Waals surface area contributed by atoms with Gasteiger partial charge in [-0.25, -0.2) is 4.79 Å². The summed E-state index contributed by atoms with van der Waals surface area (Å²) in [4.78, 5) is 18.6. The Morgan fingerprint density at radius 3 is 1.97 bits per heavy atom. The monoisotopic (exact) mass is 446 g/mol. The second-order valence-electron chi connectivity index (χ2n) is 5.91. The molecule has 11 heteroatoms. The molecule has 0 saturated carbocycles. The Kier molecular flexibility index (Phi) is 20.4. The van der Waals surface area contributed by atoms with Crippen molar-refractivity contribution < 1.29 is 54.9 Å². The van der Waals surface area contributed by atoms with Crippen molar-refractivity contribution in [2.24, 2.45) is 0 Å². The molecule has 0 atom stereocenters. The molecule has 0 amide bonds. The zero-order valence-corrected chi connectivity index (χ0v) is 17.6. The van der Waals surface area contributed by atoms with Crippen LogP contribution in [0.25, 0.3) is 0 Å². The molecular formula is C20H30O11. The molecule has 0 saturated heterocycles. The van der Waals surface area contributed by atoms with Gasteiger partial charge in [-0.1, -0.05) is 76.8 Å². The number of allylic oxidation sites excluding steroid dienone is 1. The van der Waals surface area contributed by atoms with E-state index in [0.717, 1.165) is 18.9 Å². The molecule has 0 heterocycles. The molecule has 176 valence electrons. The molecule has 1 rings (SSSR count). The average molecular weight is 446 g/mol. The van der Waals surface area contributed by atoms with Crippen LogP contribution < -0.4 is 4.89 Å². The molecule has 0 spiro atoms. The van der Waals surface area contributed by atoms with Crippen LogP contribution >= 0.6 is 0 Å². The van der Waals surface area contributed by atoms with Gasteiger partial charge in [0.2, 0.25) is 0 Å². The van der Waals surface area contributed by atoms with Crippen LogP contribution in [0.3, 0.4) is 0 Å². The molecule has 0 aromatic heterocycles. The van der Waals surface area contributed by atoms with Crippen molar-refractivity contribution >= 4 is 5.97 Å². The van der Waals surface area contributed by atoms with Crippen molar-refractivity contribution in [3.63, 3.8) is 0 Å². The fourth-order valence-corrected chi connectivity index (χ4v) is 1.97. The summed E-state index contributed by atoms with van der Waals surface area (Å²) >= 11 is 0. The van der Waals surface area contributed by atoms with Gasteiger partial charge in [-0.3, -0.25) is 0 Å². The van der Waals surface area contributed by atoms with E-state index in [1.807, 2.05) is 6.07 Å². The van der Waals surface area contributed by atoms with Crippen molar-refractivity contribution in [2.75, 3.05) is 0 Å². The van der Waals surface area contributed by atoms with E-state index in [1.54, 1.807) is 24.3 Å². The van der Waals surface area contributed by atoms with Gasteiger partial charge in [0.1, 0.15) is 5.76 Å². The second kappa shape index (κ2) is 22.2. The zero-order chi connectivity index (χ0) is 23.0. The lowest BCUT2D eigenvalue weighted by Gasteiger charge is -2.05. The summed E-state index contributed by atoms with van der Waals surface area (Å²) in [6.07, 6.45) is 9.86. The van der Waals surface area contributed by atoms with Gasteiger partial charge in [0.15, 0.2) is 5.75 Å². The maximum Gasteiger partial charge on any atom is 0.327 e. The average Bonchev–Trinajstić information content (AvgIpc) is 2.78. The molecule has 0 bridgehead atoms. The molecule has 0 unspecified atom stereocenters. The number of carboxylic acids is 1. The zero-order valence-electron chi connectivity index (χ0n) is 17.6. The SMILES string of the molecule is C=C(CCCCCCCCC)OOOOOOOOOc1ccccc1.C=CC(=O)O. The normalized spacial score (nSPS) is 9.97. The highest BCUT2D eigenvalue weighted by Crippen LogP contribution is 2.12. The molecule has 1 aromatic rings. The highest BCUT2D eigenvalue weighted by Gasteiger charge is 2.01. The van der Waals surface area contributed by atoms with Gasteiger partial charge in [-0.05, 0) is 18.6 Å². The van der Waals surface area contributed by atoms with E-state index < -0.39 is 5.97 Å². The molecule has 1 N–H and O–H groups in total. The molecule has 31 heavy (non-hydrogen) atoms. The highest BCUT2D eigenvalue weighted by atomic mass is 17.9. The minimum atomic E-state index is -0.981. The van der Waals surface area contributed by atoms with E-state index >= 15 is 0 Å². The third kappa shape index (κ3) is 22.0. The lowest BCUT2D eigenvalue weighted by Crippen LogP contribution is -2.04. The molecule has 1 aromatic carbocycles. The Morgan fingerprint density at radius 2 is 1.39 bits per heavy atom. The molecule has 0 aliphatic heterocycles. The van der Waals surface area contributed by atoms with Crippen molar-refractivity contribution in [1.29, 1.82) is 0 Å². The fourth-order valence-electron chi connectivity index (χ4n) is 1.97. The van der Waals surface area contributed by atoms with Gasteiger partial charge in [-0.15, -0.1) is 0 Å². The van der Waals surface area contributed by atoms with Gasteiger partial charge in [0.25, 0.3) is 0 Å². The number of unbranched alkanes of at least 4 members (excludes halogenated alkanes) is 6. The molecular weight excluding hydrogens is 416 g/mol. The minimum absolute atomic E-state index is 0.393. The van der Waals surface area contributed by atoms with Crippen molar-refractivity contribution in [3.05, 3.63) is 55.3 Å². The smallest absolute Gasteiger partial charge is 0.327 e. The topological polar surface area (TPSA) is 120 Å². The van der Waals surface area contributed by atoms with Gasteiger partial charge >= 0.3 is 5.97 Å². The standard InChI is InChI=1S/C17H26O9.C3H4O2/c1-3-4-5-6-7-8-10-13-16(2)18-20-22-24-26-25-23-21-19-17-14-11-9-12-15-17;1-2-3(4)5/h9,11-12,14-15H,2-8,10,13H2,1H3;2H,1H2,(H,4,5). The van der Waals surface area contributed by atoms with Crippen LogP contribution in [0.4, 0.5) is 0 Å². The lowest BCUT2D eigenvalue weighted by atomic mass is 10.1. The predicted molar refractivity (Wildman–Crippen MR) is 105 cm³/mol. The Labute approximate surface area is 181 Å².